The average Bonchev–Trinajstić information content (AvgIpc) is 3.15. The Hall–Kier alpha value is -3.38. The average molecular weight is 445 g/mol. The maximum absolute atomic E-state index is 5.80. The molecule has 0 aliphatic heterocycles. The van der Waals surface area contributed by atoms with Crippen LogP contribution in [0, 0.1) is 6.92 Å². The standard InChI is InChI=1S/C26H28N4OS/c1-19-23(24-15-22(31-2)10-11-25(24)29-19)12-14-30(18-21-9-6-13-27-16-21)26(32)28-17-20-7-4-3-5-8-20/h3-11,13,15-16,29H,12,14,17-18H2,1-2H3,(H,28,32). The van der Waals surface area contributed by atoms with Gasteiger partial charge in [0.05, 0.1) is 7.11 Å². The van der Waals surface area contributed by atoms with Crippen molar-refractivity contribution in [2.24, 2.45) is 0 Å². The van der Waals surface area contributed by atoms with E-state index >= 15 is 0 Å². The molecule has 0 fully saturated rings. The van der Waals surface area contributed by atoms with Crippen LogP contribution in [0.3, 0.4) is 0 Å². The van der Waals surface area contributed by atoms with Crippen LogP contribution in [0.25, 0.3) is 10.9 Å². The van der Waals surface area contributed by atoms with E-state index in [4.69, 9.17) is 17.0 Å². The number of hydrogen-bond donors (Lipinski definition) is 2. The van der Waals surface area contributed by atoms with Crippen molar-refractivity contribution in [2.75, 3.05) is 13.7 Å². The van der Waals surface area contributed by atoms with Gasteiger partial charge in [-0.2, -0.15) is 0 Å². The number of thiocarbonyl (C=S) groups is 1. The zero-order valence-corrected chi connectivity index (χ0v) is 19.3. The predicted molar refractivity (Wildman–Crippen MR) is 134 cm³/mol. The van der Waals surface area contributed by atoms with Gasteiger partial charge >= 0.3 is 0 Å². The lowest BCUT2D eigenvalue weighted by Crippen LogP contribution is -2.40. The number of methoxy groups -OCH3 is 1. The summed E-state index contributed by atoms with van der Waals surface area (Å²) >= 11 is 5.80. The molecular formula is C26H28N4OS. The number of benzene rings is 2. The van der Waals surface area contributed by atoms with Crippen LogP contribution in [0.2, 0.25) is 0 Å². The maximum Gasteiger partial charge on any atom is 0.169 e. The zero-order chi connectivity index (χ0) is 22.3. The molecule has 0 radical (unpaired) electrons. The summed E-state index contributed by atoms with van der Waals surface area (Å²) in [5.74, 6) is 0.866. The van der Waals surface area contributed by atoms with Gasteiger partial charge in [-0.15, -0.1) is 0 Å². The van der Waals surface area contributed by atoms with Gasteiger partial charge in [-0.3, -0.25) is 4.98 Å². The van der Waals surface area contributed by atoms with Crippen molar-refractivity contribution in [2.45, 2.75) is 26.4 Å². The lowest BCUT2D eigenvalue weighted by Gasteiger charge is -2.26. The van der Waals surface area contributed by atoms with Crippen LogP contribution in [0.15, 0.2) is 73.1 Å². The molecule has 4 rings (SSSR count). The second-order valence-corrected chi connectivity index (χ2v) is 8.20. The first-order chi connectivity index (χ1) is 15.6. The number of rotatable bonds is 8. The number of aromatic amines is 1. The maximum atomic E-state index is 5.80. The summed E-state index contributed by atoms with van der Waals surface area (Å²) in [6, 6.07) is 20.5. The molecule has 2 N–H and O–H groups in total. The highest BCUT2D eigenvalue weighted by molar-refractivity contribution is 7.80. The van der Waals surface area contributed by atoms with Crippen molar-refractivity contribution in [3.8, 4) is 5.75 Å². The van der Waals surface area contributed by atoms with E-state index in [1.165, 1.54) is 22.2 Å². The number of aromatic nitrogens is 2. The Labute approximate surface area is 194 Å². The quantitative estimate of drug-likeness (QED) is 0.375. The number of ether oxygens (including phenoxy) is 1. The SMILES string of the molecule is COc1ccc2[nH]c(C)c(CCN(Cc3cccnc3)C(=S)NCc3ccccc3)c2c1. The first-order valence-electron chi connectivity index (χ1n) is 10.7. The lowest BCUT2D eigenvalue weighted by molar-refractivity contribution is 0.408. The fourth-order valence-corrected chi connectivity index (χ4v) is 4.14. The number of pyridine rings is 1. The molecule has 0 amide bonds. The molecule has 0 spiro atoms. The summed E-state index contributed by atoms with van der Waals surface area (Å²) in [5.41, 5.74) is 5.94. The van der Waals surface area contributed by atoms with Crippen molar-refractivity contribution < 1.29 is 4.74 Å². The van der Waals surface area contributed by atoms with Crippen LogP contribution < -0.4 is 10.1 Å². The Morgan fingerprint density at radius 2 is 1.91 bits per heavy atom. The summed E-state index contributed by atoms with van der Waals surface area (Å²) in [4.78, 5) is 9.98. The van der Waals surface area contributed by atoms with E-state index in [-0.39, 0.29) is 0 Å². The minimum absolute atomic E-state index is 0.701. The molecule has 0 aliphatic carbocycles. The minimum atomic E-state index is 0.701. The van der Waals surface area contributed by atoms with Gasteiger partial charge in [0.2, 0.25) is 0 Å². The summed E-state index contributed by atoms with van der Waals surface area (Å²) < 4.78 is 5.44. The van der Waals surface area contributed by atoms with Crippen molar-refractivity contribution in [1.82, 2.24) is 20.2 Å². The summed E-state index contributed by atoms with van der Waals surface area (Å²) in [6.07, 6.45) is 4.56. The van der Waals surface area contributed by atoms with Crippen molar-refractivity contribution in [3.63, 3.8) is 0 Å². The van der Waals surface area contributed by atoms with Crippen LogP contribution in [-0.2, 0) is 19.5 Å². The van der Waals surface area contributed by atoms with Crippen LogP contribution in [0.5, 0.6) is 5.75 Å². The van der Waals surface area contributed by atoms with Gasteiger partial charge < -0.3 is 19.9 Å². The van der Waals surface area contributed by atoms with Gasteiger partial charge in [0.15, 0.2) is 5.11 Å². The topological polar surface area (TPSA) is 53.2 Å². The highest BCUT2D eigenvalue weighted by Gasteiger charge is 2.15. The Bertz CT molecular complexity index is 1170. The molecule has 6 heteroatoms. The molecule has 32 heavy (non-hydrogen) atoms. The molecule has 0 saturated carbocycles. The number of nitrogens with zero attached hydrogens (tertiary/aromatic N) is 2. The van der Waals surface area contributed by atoms with E-state index < -0.39 is 0 Å². The van der Waals surface area contributed by atoms with Crippen LogP contribution >= 0.6 is 12.2 Å². The molecule has 4 aromatic rings. The van der Waals surface area contributed by atoms with Gasteiger partial charge in [-0.05, 0) is 66.5 Å². The monoisotopic (exact) mass is 444 g/mol. The third-order valence-electron chi connectivity index (χ3n) is 5.63. The van der Waals surface area contributed by atoms with Crippen LogP contribution in [0.4, 0.5) is 0 Å². The van der Waals surface area contributed by atoms with Crippen LogP contribution in [-0.4, -0.2) is 33.6 Å². The summed E-state index contributed by atoms with van der Waals surface area (Å²) in [6.45, 7) is 4.32. The number of fused-ring (bicyclic) bond motifs is 1. The molecule has 0 saturated heterocycles. The smallest absolute Gasteiger partial charge is 0.169 e. The van der Waals surface area contributed by atoms with E-state index in [0.29, 0.717) is 13.1 Å². The number of hydrogen-bond acceptors (Lipinski definition) is 3. The molecule has 0 atom stereocenters. The first kappa shape index (κ1) is 21.8. The molecular weight excluding hydrogens is 416 g/mol. The van der Waals surface area contributed by atoms with E-state index in [2.05, 4.69) is 57.4 Å². The van der Waals surface area contributed by atoms with E-state index in [9.17, 15) is 0 Å². The van der Waals surface area contributed by atoms with Gasteiger partial charge in [-0.1, -0.05) is 36.4 Å². The molecule has 0 bridgehead atoms. The van der Waals surface area contributed by atoms with Gasteiger partial charge in [0, 0.05) is 48.6 Å². The molecule has 0 unspecified atom stereocenters. The molecule has 2 aromatic carbocycles. The first-order valence-corrected chi connectivity index (χ1v) is 11.2. The van der Waals surface area contributed by atoms with Gasteiger partial charge in [0.1, 0.15) is 5.75 Å². The van der Waals surface area contributed by atoms with Gasteiger partial charge in [-0.25, -0.2) is 0 Å². The summed E-state index contributed by atoms with van der Waals surface area (Å²) in [5, 5.41) is 5.37. The molecule has 0 aliphatic rings. The second-order valence-electron chi connectivity index (χ2n) is 7.82. The highest BCUT2D eigenvalue weighted by Crippen LogP contribution is 2.27. The van der Waals surface area contributed by atoms with Crippen LogP contribution in [0.1, 0.15) is 22.4 Å². The number of H-pyrrole nitrogens is 1. The number of aryl methyl sites for hydroxylation is 1. The van der Waals surface area contributed by atoms with Crippen molar-refractivity contribution in [3.05, 3.63) is 95.4 Å². The molecule has 164 valence electrons. The highest BCUT2D eigenvalue weighted by atomic mass is 32.1. The molecule has 5 nitrogen and oxygen atoms in total. The Morgan fingerprint density at radius 1 is 1.09 bits per heavy atom. The van der Waals surface area contributed by atoms with E-state index in [1.54, 1.807) is 13.3 Å². The number of nitrogens with one attached hydrogen (secondary N) is 2. The van der Waals surface area contributed by atoms with Crippen molar-refractivity contribution in [1.29, 1.82) is 0 Å². The Morgan fingerprint density at radius 3 is 2.66 bits per heavy atom. The van der Waals surface area contributed by atoms with Gasteiger partial charge in [0.25, 0.3) is 0 Å². The molecule has 2 aromatic heterocycles. The Balaban J connectivity index is 1.51. The normalized spacial score (nSPS) is 10.8. The van der Waals surface area contributed by atoms with E-state index in [0.717, 1.165) is 34.9 Å². The Kier molecular flexibility index (Phi) is 7.02. The van der Waals surface area contributed by atoms with E-state index in [1.807, 2.05) is 36.5 Å². The van der Waals surface area contributed by atoms with Crippen molar-refractivity contribution >= 4 is 28.2 Å². The largest absolute Gasteiger partial charge is 0.497 e. The fourth-order valence-electron chi connectivity index (χ4n) is 3.91. The predicted octanol–water partition coefficient (Wildman–Crippen LogP) is 5.00. The summed E-state index contributed by atoms with van der Waals surface area (Å²) in [7, 11) is 1.70. The zero-order valence-electron chi connectivity index (χ0n) is 18.5. The lowest BCUT2D eigenvalue weighted by atomic mass is 10.1. The second kappa shape index (κ2) is 10.3. The third-order valence-corrected chi connectivity index (χ3v) is 6.03. The minimum Gasteiger partial charge on any atom is -0.497 e. The third kappa shape index (κ3) is 5.26. The fraction of sp³-hybridized carbons (Fsp3) is 0.231. The molecule has 2 heterocycles.